The minimum Gasteiger partial charge on any atom is -0.507 e. The molecule has 4 aromatic rings. The lowest BCUT2D eigenvalue weighted by Crippen LogP contribution is -2.54. The summed E-state index contributed by atoms with van der Waals surface area (Å²) in [6, 6.07) is 6.60. The lowest BCUT2D eigenvalue weighted by molar-refractivity contribution is -0.167. The van der Waals surface area contributed by atoms with Crippen molar-refractivity contribution in [2.75, 3.05) is 57.5 Å². The number of hydrogen-bond acceptors (Lipinski definition) is 8. The molecule has 0 bridgehead atoms. The van der Waals surface area contributed by atoms with Crippen LogP contribution in [0, 0.1) is 17.5 Å². The smallest absolute Gasteiger partial charge is 0.319 e. The van der Waals surface area contributed by atoms with Gasteiger partial charge < -0.3 is 24.2 Å². The Hall–Kier alpha value is -3.74. The van der Waals surface area contributed by atoms with Gasteiger partial charge in [-0.15, -0.1) is 0 Å². The Morgan fingerprint density at radius 1 is 1.00 bits per heavy atom. The zero-order chi connectivity index (χ0) is 32.5. The second-order valence-corrected chi connectivity index (χ2v) is 13.3. The topological polar surface area (TPSA) is 80.2 Å². The van der Waals surface area contributed by atoms with Crippen LogP contribution in [0.1, 0.15) is 38.2 Å². The van der Waals surface area contributed by atoms with Crippen LogP contribution in [-0.4, -0.2) is 89.9 Å². The van der Waals surface area contributed by atoms with Crippen molar-refractivity contribution < 1.29 is 36.9 Å². The van der Waals surface area contributed by atoms with E-state index < -0.39 is 40.3 Å². The molecule has 1 unspecified atom stereocenters. The van der Waals surface area contributed by atoms with Gasteiger partial charge in [-0.05, 0) is 60.3 Å². The third-order valence-corrected chi connectivity index (χ3v) is 10.5. The molecule has 8 rings (SSSR count). The first-order valence-corrected chi connectivity index (χ1v) is 16.3. The number of rotatable bonds is 6. The number of fused-ring (bicyclic) bond motifs is 3. The maximum Gasteiger partial charge on any atom is 0.319 e. The third kappa shape index (κ3) is 4.98. The fourth-order valence-corrected chi connectivity index (χ4v) is 8.11. The largest absolute Gasteiger partial charge is 0.507 e. The number of aryl methyl sites for hydroxylation is 1. The van der Waals surface area contributed by atoms with Crippen LogP contribution in [0.5, 0.6) is 11.8 Å². The van der Waals surface area contributed by atoms with E-state index in [1.165, 1.54) is 24.3 Å². The van der Waals surface area contributed by atoms with E-state index in [0.29, 0.717) is 68.6 Å². The molecule has 8 nitrogen and oxygen atoms in total. The number of benzene rings is 3. The van der Waals surface area contributed by atoms with E-state index in [1.54, 1.807) is 13.0 Å². The first-order valence-electron chi connectivity index (χ1n) is 16.3. The summed E-state index contributed by atoms with van der Waals surface area (Å²) < 4.78 is 80.4. The summed E-state index contributed by atoms with van der Waals surface area (Å²) in [6.45, 7) is 5.15. The van der Waals surface area contributed by atoms with Gasteiger partial charge in [0, 0.05) is 36.9 Å². The second kappa shape index (κ2) is 11.5. The molecule has 248 valence electrons. The maximum absolute atomic E-state index is 16.9. The molecule has 4 aliphatic rings. The van der Waals surface area contributed by atoms with Gasteiger partial charge in [-0.3, -0.25) is 4.90 Å². The molecule has 0 saturated carbocycles. The number of aromatic hydroxyl groups is 1. The standard InChI is InChI=1S/C35H36F4N4O4/c1-2-21-22-5-7-27(44)28(23(22)4-6-25(21)37)29-26(38)14-24-31(30(29)39)40-33(46-18-34-8-3-10-43(34)16-20(36)15-34)41-32(24)42-11-13-45-19-35(17-42)9-12-47-35/h4-7,14,20,44H,2-3,8-13,15-19H2,1H3/t20-,34+,35?/m1/s1. The van der Waals surface area contributed by atoms with Crippen LogP contribution in [0.25, 0.3) is 32.8 Å². The Kier molecular flexibility index (Phi) is 7.45. The normalized spacial score (nSPS) is 26.2. The molecule has 0 amide bonds. The third-order valence-electron chi connectivity index (χ3n) is 10.5. The van der Waals surface area contributed by atoms with Crippen LogP contribution in [0.15, 0.2) is 30.3 Å². The summed E-state index contributed by atoms with van der Waals surface area (Å²) in [5, 5.41) is 11.9. The van der Waals surface area contributed by atoms with Crippen LogP contribution >= 0.6 is 0 Å². The Labute approximate surface area is 269 Å². The van der Waals surface area contributed by atoms with Crippen LogP contribution in [0.4, 0.5) is 23.4 Å². The highest BCUT2D eigenvalue weighted by atomic mass is 19.1. The van der Waals surface area contributed by atoms with Crippen LogP contribution in [0.2, 0.25) is 0 Å². The molecule has 1 spiro atoms. The van der Waals surface area contributed by atoms with Crippen molar-refractivity contribution >= 4 is 27.5 Å². The van der Waals surface area contributed by atoms with Crippen molar-refractivity contribution in [3.05, 3.63) is 53.3 Å². The molecule has 1 aromatic heterocycles. The molecular weight excluding hydrogens is 616 g/mol. The van der Waals surface area contributed by atoms with Crippen molar-refractivity contribution in [3.63, 3.8) is 0 Å². The fourth-order valence-electron chi connectivity index (χ4n) is 8.11. The Balaban J connectivity index is 1.29. The number of ether oxygens (including phenoxy) is 3. The van der Waals surface area contributed by atoms with Crippen molar-refractivity contribution in [1.82, 2.24) is 14.9 Å². The number of phenolic OH excluding ortho intramolecular Hbond substituents is 1. The molecule has 3 aromatic carbocycles. The lowest BCUT2D eigenvalue weighted by Gasteiger charge is -2.43. The fraction of sp³-hybridized carbons (Fsp3) is 0.486. The summed E-state index contributed by atoms with van der Waals surface area (Å²) in [5.74, 6) is -2.47. The number of hydrogen-bond donors (Lipinski definition) is 1. The molecule has 0 radical (unpaired) electrons. The molecular formula is C35H36F4N4O4. The zero-order valence-corrected chi connectivity index (χ0v) is 26.1. The molecule has 4 fully saturated rings. The SMILES string of the molecule is CCc1c(F)ccc2c(-c3c(F)cc4c(N5CCOCC6(CCO6)C5)nc(OC[C@@]56CCCN5C[C@H](F)C6)nc4c3F)c(O)ccc12. The van der Waals surface area contributed by atoms with Crippen molar-refractivity contribution in [1.29, 1.82) is 0 Å². The van der Waals surface area contributed by atoms with E-state index >= 15 is 8.78 Å². The zero-order valence-electron chi connectivity index (χ0n) is 26.1. The molecule has 5 heterocycles. The van der Waals surface area contributed by atoms with Gasteiger partial charge in [-0.1, -0.05) is 19.1 Å². The Morgan fingerprint density at radius 2 is 1.83 bits per heavy atom. The summed E-state index contributed by atoms with van der Waals surface area (Å²) in [6.07, 6.45) is 2.18. The van der Waals surface area contributed by atoms with E-state index in [2.05, 4.69) is 9.88 Å². The maximum atomic E-state index is 16.9. The average Bonchev–Trinajstić information content (AvgIpc) is 3.45. The molecule has 47 heavy (non-hydrogen) atoms. The van der Waals surface area contributed by atoms with Gasteiger partial charge in [0.15, 0.2) is 5.82 Å². The lowest BCUT2D eigenvalue weighted by atomic mass is 9.92. The van der Waals surface area contributed by atoms with E-state index in [4.69, 9.17) is 19.2 Å². The van der Waals surface area contributed by atoms with Crippen molar-refractivity contribution in [2.24, 2.45) is 0 Å². The van der Waals surface area contributed by atoms with Gasteiger partial charge in [-0.2, -0.15) is 9.97 Å². The summed E-state index contributed by atoms with van der Waals surface area (Å²) in [4.78, 5) is 13.2. The second-order valence-electron chi connectivity index (χ2n) is 13.3. The molecule has 0 aliphatic carbocycles. The Bertz CT molecular complexity index is 1890. The highest BCUT2D eigenvalue weighted by Crippen LogP contribution is 2.45. The first-order chi connectivity index (χ1) is 22.7. The van der Waals surface area contributed by atoms with Crippen LogP contribution in [0.3, 0.4) is 0 Å². The summed E-state index contributed by atoms with van der Waals surface area (Å²) in [5.41, 5.74) is -1.45. The van der Waals surface area contributed by atoms with Crippen molar-refractivity contribution in [2.45, 2.75) is 56.3 Å². The predicted octanol–water partition coefficient (Wildman–Crippen LogP) is 6.09. The van der Waals surface area contributed by atoms with E-state index in [1.807, 2.05) is 4.90 Å². The van der Waals surface area contributed by atoms with Gasteiger partial charge in [0.05, 0.1) is 37.5 Å². The highest BCUT2D eigenvalue weighted by Gasteiger charge is 2.49. The molecule has 12 heteroatoms. The quantitative estimate of drug-likeness (QED) is 0.251. The Morgan fingerprint density at radius 3 is 2.62 bits per heavy atom. The van der Waals surface area contributed by atoms with Gasteiger partial charge >= 0.3 is 6.01 Å². The summed E-state index contributed by atoms with van der Waals surface area (Å²) >= 11 is 0. The monoisotopic (exact) mass is 652 g/mol. The summed E-state index contributed by atoms with van der Waals surface area (Å²) in [7, 11) is 0. The number of anilines is 1. The van der Waals surface area contributed by atoms with Gasteiger partial charge in [-0.25, -0.2) is 17.6 Å². The molecule has 4 saturated heterocycles. The van der Waals surface area contributed by atoms with E-state index in [9.17, 15) is 13.9 Å². The van der Waals surface area contributed by atoms with E-state index in [0.717, 1.165) is 25.8 Å². The minimum absolute atomic E-state index is 0.0952. The predicted molar refractivity (Wildman–Crippen MR) is 168 cm³/mol. The highest BCUT2D eigenvalue weighted by molar-refractivity contribution is 6.04. The number of halogens is 4. The number of alkyl halides is 1. The molecule has 3 atom stereocenters. The van der Waals surface area contributed by atoms with Crippen LogP contribution < -0.4 is 9.64 Å². The van der Waals surface area contributed by atoms with E-state index in [-0.39, 0.29) is 40.7 Å². The number of phenols is 1. The van der Waals surface area contributed by atoms with Crippen molar-refractivity contribution in [3.8, 4) is 22.9 Å². The molecule has 4 aliphatic heterocycles. The van der Waals surface area contributed by atoms with Crippen LogP contribution in [-0.2, 0) is 15.9 Å². The average molecular weight is 653 g/mol. The first kappa shape index (κ1) is 30.6. The van der Waals surface area contributed by atoms with Gasteiger partial charge in [0.1, 0.15) is 47.1 Å². The number of nitrogens with zero attached hydrogens (tertiary/aromatic N) is 4. The van der Waals surface area contributed by atoms with Gasteiger partial charge in [0.2, 0.25) is 0 Å². The minimum atomic E-state index is -1.01. The van der Waals surface area contributed by atoms with Gasteiger partial charge in [0.25, 0.3) is 0 Å². The molecule has 1 N–H and O–H groups in total. The number of aromatic nitrogens is 2.